The molecule has 124 valence electrons. The molecule has 2 aromatic rings. The lowest BCUT2D eigenvalue weighted by Crippen LogP contribution is -2.66. The van der Waals surface area contributed by atoms with Crippen LogP contribution in [0.3, 0.4) is 0 Å². The molecule has 2 aromatic heterocycles. The van der Waals surface area contributed by atoms with Gasteiger partial charge in [0.25, 0.3) is 5.91 Å². The number of carbonyl (C=O) groups excluding carboxylic acids is 1. The van der Waals surface area contributed by atoms with Crippen molar-refractivity contribution in [3.8, 4) is 0 Å². The third kappa shape index (κ3) is 2.49. The number of ether oxygens (including phenoxy) is 2. The van der Waals surface area contributed by atoms with Crippen molar-refractivity contribution in [2.45, 2.75) is 38.3 Å². The van der Waals surface area contributed by atoms with Crippen LogP contribution >= 0.6 is 11.3 Å². The molecule has 5 nitrogen and oxygen atoms in total. The van der Waals surface area contributed by atoms with Crippen molar-refractivity contribution in [1.29, 1.82) is 0 Å². The van der Waals surface area contributed by atoms with Crippen molar-refractivity contribution in [3.63, 3.8) is 0 Å². The maximum absolute atomic E-state index is 12.6. The molecule has 0 aromatic carbocycles. The Morgan fingerprint density at radius 1 is 1.52 bits per heavy atom. The van der Waals surface area contributed by atoms with E-state index in [1.807, 2.05) is 24.4 Å². The van der Waals surface area contributed by atoms with Gasteiger partial charge in [-0.25, -0.2) is 0 Å². The van der Waals surface area contributed by atoms with Gasteiger partial charge in [-0.15, -0.1) is 11.3 Å². The maximum Gasteiger partial charge on any atom is 0.267 e. The van der Waals surface area contributed by atoms with Gasteiger partial charge in [0, 0.05) is 31.3 Å². The minimum atomic E-state index is -0.0146. The van der Waals surface area contributed by atoms with Gasteiger partial charge >= 0.3 is 0 Å². The van der Waals surface area contributed by atoms with Crippen LogP contribution in [0.5, 0.6) is 0 Å². The molecular formula is C17H22N2O3S. The normalized spacial score (nSPS) is 26.3. The summed E-state index contributed by atoms with van der Waals surface area (Å²) in [6.45, 7) is 4.27. The molecule has 1 saturated carbocycles. The highest BCUT2D eigenvalue weighted by Gasteiger charge is 2.56. The molecule has 2 N–H and O–H groups in total. The van der Waals surface area contributed by atoms with Crippen LogP contribution in [0.2, 0.25) is 0 Å². The van der Waals surface area contributed by atoms with Crippen molar-refractivity contribution >= 4 is 27.5 Å². The lowest BCUT2D eigenvalue weighted by molar-refractivity contribution is -0.170. The fourth-order valence-corrected chi connectivity index (χ4v) is 4.80. The van der Waals surface area contributed by atoms with Gasteiger partial charge in [0.2, 0.25) is 0 Å². The van der Waals surface area contributed by atoms with E-state index in [1.165, 1.54) is 0 Å². The Hall–Kier alpha value is -1.37. The Balaban J connectivity index is 1.49. The van der Waals surface area contributed by atoms with Crippen LogP contribution in [-0.2, 0) is 9.47 Å². The Bertz CT molecular complexity index is 673. The predicted octanol–water partition coefficient (Wildman–Crippen LogP) is 2.93. The summed E-state index contributed by atoms with van der Waals surface area (Å²) in [5.41, 5.74) is 1.73. The van der Waals surface area contributed by atoms with E-state index in [4.69, 9.17) is 9.47 Å². The summed E-state index contributed by atoms with van der Waals surface area (Å²) in [4.78, 5) is 15.8. The standard InChI is InChI=1S/C17H22N2O3S/c1-2-22-15-10-14(17(15)4-6-21-7-5-17)19-16(20)12-9-13-11(18-12)3-8-23-13/h3,8-9,14-15,18H,2,4-7,10H2,1H3,(H,19,20)/t14-,15+/m0/s1. The number of aromatic nitrogens is 1. The van der Waals surface area contributed by atoms with Gasteiger partial charge in [0.15, 0.2) is 0 Å². The van der Waals surface area contributed by atoms with E-state index in [0.717, 1.165) is 49.3 Å². The molecule has 2 fully saturated rings. The van der Waals surface area contributed by atoms with E-state index in [0.29, 0.717) is 5.69 Å². The average Bonchev–Trinajstić information content (AvgIpc) is 3.16. The zero-order chi connectivity index (χ0) is 15.9. The van der Waals surface area contributed by atoms with Crippen LogP contribution in [0.25, 0.3) is 10.2 Å². The van der Waals surface area contributed by atoms with Gasteiger partial charge in [-0.1, -0.05) is 0 Å². The highest BCUT2D eigenvalue weighted by Crippen LogP contribution is 2.50. The van der Waals surface area contributed by atoms with E-state index in [1.54, 1.807) is 11.3 Å². The monoisotopic (exact) mass is 334 g/mol. The number of amides is 1. The van der Waals surface area contributed by atoms with Crippen LogP contribution in [-0.4, -0.2) is 42.9 Å². The van der Waals surface area contributed by atoms with E-state index >= 15 is 0 Å². The Labute approximate surface area is 139 Å². The van der Waals surface area contributed by atoms with Gasteiger partial charge in [0.1, 0.15) is 5.69 Å². The fraction of sp³-hybridized carbons (Fsp3) is 0.588. The summed E-state index contributed by atoms with van der Waals surface area (Å²) in [6.07, 6.45) is 3.06. The molecule has 23 heavy (non-hydrogen) atoms. The second-order valence-electron chi connectivity index (χ2n) is 6.43. The molecule has 0 radical (unpaired) electrons. The number of H-pyrrole nitrogens is 1. The quantitative estimate of drug-likeness (QED) is 0.903. The molecule has 2 atom stereocenters. The molecule has 1 aliphatic heterocycles. The summed E-state index contributed by atoms with van der Waals surface area (Å²) in [5, 5.41) is 5.26. The van der Waals surface area contributed by atoms with Crippen molar-refractivity contribution < 1.29 is 14.3 Å². The Morgan fingerprint density at radius 3 is 3.09 bits per heavy atom. The largest absolute Gasteiger partial charge is 0.381 e. The number of aromatic amines is 1. The first-order valence-electron chi connectivity index (χ1n) is 8.29. The van der Waals surface area contributed by atoms with Gasteiger partial charge < -0.3 is 19.8 Å². The number of carbonyl (C=O) groups is 1. The molecule has 1 aliphatic carbocycles. The topological polar surface area (TPSA) is 63.3 Å². The van der Waals surface area contributed by atoms with Gasteiger partial charge in [-0.3, -0.25) is 4.79 Å². The number of thiophene rings is 1. The summed E-state index contributed by atoms with van der Waals surface area (Å²) < 4.78 is 12.6. The van der Waals surface area contributed by atoms with Crippen LogP contribution in [0, 0.1) is 5.41 Å². The first kappa shape index (κ1) is 15.2. The van der Waals surface area contributed by atoms with Crippen LogP contribution < -0.4 is 5.32 Å². The number of nitrogens with one attached hydrogen (secondary N) is 2. The molecule has 1 amide bonds. The highest BCUT2D eigenvalue weighted by molar-refractivity contribution is 7.17. The summed E-state index contributed by atoms with van der Waals surface area (Å²) in [7, 11) is 0. The van der Waals surface area contributed by atoms with Gasteiger partial charge in [-0.05, 0) is 43.7 Å². The number of rotatable bonds is 4. The van der Waals surface area contributed by atoms with Crippen molar-refractivity contribution in [1.82, 2.24) is 10.3 Å². The molecule has 2 aliphatic rings. The van der Waals surface area contributed by atoms with Gasteiger partial charge in [-0.2, -0.15) is 0 Å². The van der Waals surface area contributed by atoms with E-state index in [9.17, 15) is 4.79 Å². The van der Waals surface area contributed by atoms with Crippen molar-refractivity contribution in [2.24, 2.45) is 5.41 Å². The highest BCUT2D eigenvalue weighted by atomic mass is 32.1. The van der Waals surface area contributed by atoms with Gasteiger partial charge in [0.05, 0.1) is 16.3 Å². The summed E-state index contributed by atoms with van der Waals surface area (Å²) in [6, 6.07) is 4.12. The summed E-state index contributed by atoms with van der Waals surface area (Å²) >= 11 is 1.64. The minimum absolute atomic E-state index is 0.0146. The average molecular weight is 334 g/mol. The fourth-order valence-electron chi connectivity index (χ4n) is 4.01. The number of hydrogen-bond acceptors (Lipinski definition) is 4. The molecular weight excluding hydrogens is 312 g/mol. The molecule has 1 spiro atoms. The molecule has 0 bridgehead atoms. The zero-order valence-corrected chi connectivity index (χ0v) is 14.1. The zero-order valence-electron chi connectivity index (χ0n) is 13.3. The number of fused-ring (bicyclic) bond motifs is 1. The smallest absolute Gasteiger partial charge is 0.267 e. The molecule has 4 rings (SSSR count). The lowest BCUT2D eigenvalue weighted by Gasteiger charge is -2.57. The summed E-state index contributed by atoms with van der Waals surface area (Å²) in [5.74, 6) is -0.0146. The third-order valence-corrected chi connectivity index (χ3v) is 6.23. The van der Waals surface area contributed by atoms with Crippen LogP contribution in [0.4, 0.5) is 0 Å². The Kier molecular flexibility index (Phi) is 3.91. The SMILES string of the molecule is CCO[C@@H]1C[C@H](NC(=O)c2cc3sccc3[nH]2)C12CCOCC2. The number of hydrogen-bond donors (Lipinski definition) is 2. The molecule has 1 saturated heterocycles. The molecule has 0 unspecified atom stereocenters. The van der Waals surface area contributed by atoms with Crippen molar-refractivity contribution in [3.05, 3.63) is 23.2 Å². The molecule has 6 heteroatoms. The second kappa shape index (κ2) is 5.92. The van der Waals surface area contributed by atoms with Crippen molar-refractivity contribution in [2.75, 3.05) is 19.8 Å². The second-order valence-corrected chi connectivity index (χ2v) is 7.38. The minimum Gasteiger partial charge on any atom is -0.381 e. The lowest BCUT2D eigenvalue weighted by atomic mass is 9.57. The first-order chi connectivity index (χ1) is 11.2. The third-order valence-electron chi connectivity index (χ3n) is 5.37. The maximum atomic E-state index is 12.6. The Morgan fingerprint density at radius 2 is 2.35 bits per heavy atom. The first-order valence-corrected chi connectivity index (χ1v) is 9.17. The van der Waals surface area contributed by atoms with Crippen LogP contribution in [0.15, 0.2) is 17.5 Å². The van der Waals surface area contributed by atoms with E-state index < -0.39 is 0 Å². The van der Waals surface area contributed by atoms with E-state index in [-0.39, 0.29) is 23.5 Å². The van der Waals surface area contributed by atoms with E-state index in [2.05, 4.69) is 10.3 Å². The predicted molar refractivity (Wildman–Crippen MR) is 89.9 cm³/mol. The van der Waals surface area contributed by atoms with Crippen LogP contribution in [0.1, 0.15) is 36.7 Å². The molecule has 3 heterocycles.